The second-order valence-electron chi connectivity index (χ2n) is 5.15. The highest BCUT2D eigenvalue weighted by Crippen LogP contribution is 2.28. The predicted molar refractivity (Wildman–Crippen MR) is 81.7 cm³/mol. The Hall–Kier alpha value is -1.60. The van der Waals surface area contributed by atoms with Crippen molar-refractivity contribution in [1.82, 2.24) is 10.0 Å². The minimum atomic E-state index is -3.88. The van der Waals surface area contributed by atoms with Gasteiger partial charge >= 0.3 is 0 Å². The molecule has 0 heterocycles. The molecule has 0 bridgehead atoms. The Bertz CT molecular complexity index is 654. The Labute approximate surface area is 134 Å². The first kappa shape index (κ1) is 16.8. The molecule has 22 heavy (non-hydrogen) atoms. The minimum absolute atomic E-state index is 0.00851. The van der Waals surface area contributed by atoms with Crippen molar-refractivity contribution in [2.24, 2.45) is 5.92 Å². The molecular weight excluding hydrogens is 328 g/mol. The Kier molecular flexibility index (Phi) is 5.42. The quantitative estimate of drug-likeness (QED) is 0.732. The zero-order chi connectivity index (χ0) is 16.2. The van der Waals surface area contributed by atoms with Crippen LogP contribution in [-0.2, 0) is 19.6 Å². The predicted octanol–water partition coefficient (Wildman–Crippen LogP) is 1.45. The summed E-state index contributed by atoms with van der Waals surface area (Å²) < 4.78 is 25.9. The number of carbonyl (C=O) groups excluding carboxylic acids is 2. The van der Waals surface area contributed by atoms with Crippen LogP contribution < -0.4 is 10.0 Å². The number of sulfonamides is 1. The van der Waals surface area contributed by atoms with Gasteiger partial charge in [-0.25, -0.2) is 13.1 Å². The van der Waals surface area contributed by atoms with Gasteiger partial charge in [0, 0.05) is 23.9 Å². The molecule has 1 aliphatic carbocycles. The van der Waals surface area contributed by atoms with Crippen molar-refractivity contribution in [1.29, 1.82) is 0 Å². The van der Waals surface area contributed by atoms with E-state index < -0.39 is 15.9 Å². The minimum Gasteiger partial charge on any atom is -0.356 e. The number of carbonyl (C=O) groups is 2. The van der Waals surface area contributed by atoms with E-state index in [2.05, 4.69) is 5.32 Å². The topological polar surface area (TPSA) is 92.3 Å². The van der Waals surface area contributed by atoms with E-state index in [0.717, 1.165) is 12.8 Å². The maximum absolute atomic E-state index is 11.9. The fourth-order valence-electron chi connectivity index (χ4n) is 1.82. The summed E-state index contributed by atoms with van der Waals surface area (Å²) in [5.74, 6) is -0.469. The van der Waals surface area contributed by atoms with E-state index >= 15 is 0 Å². The van der Waals surface area contributed by atoms with Gasteiger partial charge in [0.1, 0.15) is 0 Å². The lowest BCUT2D eigenvalue weighted by Gasteiger charge is -2.07. The lowest BCUT2D eigenvalue weighted by Crippen LogP contribution is -2.32. The molecule has 2 N–H and O–H groups in total. The molecule has 1 aromatic rings. The summed E-state index contributed by atoms with van der Waals surface area (Å²) in [4.78, 5) is 23.0. The van der Waals surface area contributed by atoms with Crippen LogP contribution in [0.1, 0.15) is 25.7 Å². The van der Waals surface area contributed by atoms with Crippen molar-refractivity contribution in [2.45, 2.75) is 30.6 Å². The highest BCUT2D eigenvalue weighted by atomic mass is 35.5. The number of nitrogens with one attached hydrogen (secondary N) is 2. The fraction of sp³-hybridized carbons (Fsp3) is 0.429. The van der Waals surface area contributed by atoms with E-state index in [1.54, 1.807) is 0 Å². The molecule has 1 aliphatic rings. The van der Waals surface area contributed by atoms with E-state index in [4.69, 9.17) is 11.6 Å². The SMILES string of the molecule is O=C(CCCNC(=O)C1CC1)NS(=O)(=O)c1ccc(Cl)cc1. The van der Waals surface area contributed by atoms with Crippen LogP contribution >= 0.6 is 11.6 Å². The lowest BCUT2D eigenvalue weighted by molar-refractivity contribution is -0.123. The van der Waals surface area contributed by atoms with Crippen molar-refractivity contribution >= 4 is 33.4 Å². The van der Waals surface area contributed by atoms with Gasteiger partial charge in [0.25, 0.3) is 10.0 Å². The molecule has 0 saturated heterocycles. The van der Waals surface area contributed by atoms with Gasteiger partial charge < -0.3 is 5.32 Å². The molecule has 1 saturated carbocycles. The van der Waals surface area contributed by atoms with Crippen molar-refractivity contribution in [3.05, 3.63) is 29.3 Å². The molecule has 0 radical (unpaired) electrons. The first-order chi connectivity index (χ1) is 10.4. The molecule has 0 spiro atoms. The second kappa shape index (κ2) is 7.11. The summed E-state index contributed by atoms with van der Waals surface area (Å²) in [6.45, 7) is 0.365. The largest absolute Gasteiger partial charge is 0.356 e. The van der Waals surface area contributed by atoms with Gasteiger partial charge in [-0.05, 0) is 43.5 Å². The second-order valence-corrected chi connectivity index (χ2v) is 7.27. The number of hydrogen-bond acceptors (Lipinski definition) is 4. The number of halogens is 1. The monoisotopic (exact) mass is 344 g/mol. The first-order valence-electron chi connectivity index (χ1n) is 6.97. The number of amides is 2. The summed E-state index contributed by atoms with van der Waals surface area (Å²) in [6, 6.07) is 5.53. The van der Waals surface area contributed by atoms with Gasteiger partial charge in [-0.2, -0.15) is 0 Å². The van der Waals surface area contributed by atoms with Gasteiger partial charge in [-0.3, -0.25) is 9.59 Å². The highest BCUT2D eigenvalue weighted by molar-refractivity contribution is 7.90. The van der Waals surface area contributed by atoms with Crippen molar-refractivity contribution in [2.75, 3.05) is 6.54 Å². The van der Waals surface area contributed by atoms with Crippen molar-refractivity contribution < 1.29 is 18.0 Å². The van der Waals surface area contributed by atoms with Crippen LogP contribution in [0.3, 0.4) is 0 Å². The number of rotatable bonds is 7. The molecule has 2 rings (SSSR count). The van der Waals surface area contributed by atoms with E-state index in [-0.39, 0.29) is 23.1 Å². The standard InChI is InChI=1S/C14H17ClN2O4S/c15-11-5-7-12(8-6-11)22(20,21)17-13(18)2-1-9-16-14(19)10-3-4-10/h5-8,10H,1-4,9H2,(H,16,19)(H,17,18). The highest BCUT2D eigenvalue weighted by Gasteiger charge is 2.29. The Balaban J connectivity index is 1.75. The third-order valence-corrected chi connectivity index (χ3v) is 4.84. The molecule has 0 aliphatic heterocycles. The van der Waals surface area contributed by atoms with Gasteiger partial charge in [0.15, 0.2) is 0 Å². The van der Waals surface area contributed by atoms with Crippen molar-refractivity contribution in [3.63, 3.8) is 0 Å². The Morgan fingerprint density at radius 3 is 2.41 bits per heavy atom. The normalized spacial score (nSPS) is 14.4. The maximum atomic E-state index is 11.9. The van der Waals surface area contributed by atoms with E-state index in [0.29, 0.717) is 18.0 Å². The summed E-state index contributed by atoms with van der Waals surface area (Å²) in [5, 5.41) is 3.13. The van der Waals surface area contributed by atoms with E-state index in [1.165, 1.54) is 24.3 Å². The third-order valence-electron chi connectivity index (χ3n) is 3.20. The van der Waals surface area contributed by atoms with Crippen LogP contribution in [0, 0.1) is 5.92 Å². The van der Waals surface area contributed by atoms with Gasteiger partial charge in [0.05, 0.1) is 4.90 Å². The fourth-order valence-corrected chi connectivity index (χ4v) is 2.96. The molecule has 1 aromatic carbocycles. The summed E-state index contributed by atoms with van der Waals surface area (Å²) >= 11 is 5.69. The van der Waals surface area contributed by atoms with Gasteiger partial charge in [0.2, 0.25) is 11.8 Å². The van der Waals surface area contributed by atoms with Crippen molar-refractivity contribution in [3.8, 4) is 0 Å². The van der Waals surface area contributed by atoms with Crippen LogP contribution in [0.2, 0.25) is 5.02 Å². The smallest absolute Gasteiger partial charge is 0.264 e. The van der Waals surface area contributed by atoms with Crippen LogP contribution in [0.25, 0.3) is 0 Å². The van der Waals surface area contributed by atoms with Crippen LogP contribution in [0.4, 0.5) is 0 Å². The maximum Gasteiger partial charge on any atom is 0.264 e. The van der Waals surface area contributed by atoms with Crippen LogP contribution in [-0.4, -0.2) is 26.8 Å². The molecule has 0 unspecified atom stereocenters. The average Bonchev–Trinajstić information content (AvgIpc) is 3.28. The first-order valence-corrected chi connectivity index (χ1v) is 8.83. The molecular formula is C14H17ClN2O4S. The number of hydrogen-bond donors (Lipinski definition) is 2. The van der Waals surface area contributed by atoms with E-state index in [9.17, 15) is 18.0 Å². The molecule has 0 atom stereocenters. The van der Waals surface area contributed by atoms with Crippen LogP contribution in [0.15, 0.2) is 29.2 Å². The molecule has 6 nitrogen and oxygen atoms in total. The zero-order valence-electron chi connectivity index (χ0n) is 11.8. The van der Waals surface area contributed by atoms with Crippen LogP contribution in [0.5, 0.6) is 0 Å². The lowest BCUT2D eigenvalue weighted by atomic mass is 10.3. The molecule has 0 aromatic heterocycles. The zero-order valence-corrected chi connectivity index (χ0v) is 13.4. The Morgan fingerprint density at radius 1 is 1.18 bits per heavy atom. The molecule has 8 heteroatoms. The third kappa shape index (κ3) is 4.99. The number of benzene rings is 1. The molecule has 120 valence electrons. The van der Waals surface area contributed by atoms with Gasteiger partial charge in [-0.15, -0.1) is 0 Å². The Morgan fingerprint density at radius 2 is 1.82 bits per heavy atom. The summed E-state index contributed by atoms with van der Waals surface area (Å²) in [6.07, 6.45) is 2.26. The summed E-state index contributed by atoms with van der Waals surface area (Å²) in [7, 11) is -3.88. The van der Waals surface area contributed by atoms with Gasteiger partial charge in [-0.1, -0.05) is 11.6 Å². The van der Waals surface area contributed by atoms with E-state index in [1.807, 2.05) is 4.72 Å². The molecule has 2 amide bonds. The molecule has 1 fully saturated rings. The summed E-state index contributed by atoms with van der Waals surface area (Å²) in [5.41, 5.74) is 0. The average molecular weight is 345 g/mol.